The number of rotatable bonds is 7. The molecule has 0 amide bonds. The van der Waals surface area contributed by atoms with Gasteiger partial charge in [-0.1, -0.05) is 0 Å². The van der Waals surface area contributed by atoms with Gasteiger partial charge in [0.15, 0.2) is 0 Å². The highest BCUT2D eigenvalue weighted by Gasteiger charge is 2.05. The smallest absolute Gasteiger partial charge is 0.131 e. The summed E-state index contributed by atoms with van der Waals surface area (Å²) in [4.78, 5) is 8.47. The van der Waals surface area contributed by atoms with Crippen molar-refractivity contribution in [2.45, 2.75) is 20.0 Å². The van der Waals surface area contributed by atoms with Gasteiger partial charge in [0.25, 0.3) is 0 Å². The van der Waals surface area contributed by atoms with E-state index >= 15 is 0 Å². The summed E-state index contributed by atoms with van der Waals surface area (Å²) in [6.07, 6.45) is -0.544. The van der Waals surface area contributed by atoms with Crippen molar-refractivity contribution in [3.05, 3.63) is 11.9 Å². The van der Waals surface area contributed by atoms with Crippen molar-refractivity contribution >= 4 is 11.6 Å². The molecule has 0 aliphatic carbocycles. The number of nitrogens with one attached hydrogen (secondary N) is 2. The molecule has 1 aromatic heterocycles. The Hall–Kier alpha value is -1.40. The van der Waals surface area contributed by atoms with Crippen LogP contribution >= 0.6 is 0 Å². The fraction of sp³-hybridized carbons (Fsp3) is 0.636. The van der Waals surface area contributed by atoms with Gasteiger partial charge in [0, 0.05) is 26.3 Å². The fourth-order valence-corrected chi connectivity index (χ4v) is 1.40. The summed E-state index contributed by atoms with van der Waals surface area (Å²) in [6.45, 7) is 5.35. The maximum Gasteiger partial charge on any atom is 0.131 e. The second kappa shape index (κ2) is 7.03. The van der Waals surface area contributed by atoms with Crippen LogP contribution in [-0.2, 0) is 4.74 Å². The van der Waals surface area contributed by atoms with E-state index in [4.69, 9.17) is 4.74 Å². The van der Waals surface area contributed by atoms with Crippen molar-refractivity contribution in [2.75, 3.05) is 37.4 Å². The molecule has 0 aromatic carbocycles. The average Bonchev–Trinajstić information content (AvgIpc) is 2.26. The van der Waals surface area contributed by atoms with Crippen LogP contribution in [0.3, 0.4) is 0 Å². The molecule has 1 heterocycles. The normalized spacial score (nSPS) is 12.2. The Morgan fingerprint density at radius 2 is 2.00 bits per heavy atom. The Kier molecular flexibility index (Phi) is 5.65. The Labute approximate surface area is 101 Å². The molecule has 0 aliphatic heterocycles. The molecule has 0 saturated carbocycles. The van der Waals surface area contributed by atoms with E-state index in [9.17, 15) is 5.11 Å². The van der Waals surface area contributed by atoms with Crippen molar-refractivity contribution in [3.63, 3.8) is 0 Å². The summed E-state index contributed by atoms with van der Waals surface area (Å²) in [5.74, 6) is 2.17. The van der Waals surface area contributed by atoms with Gasteiger partial charge in [0.05, 0.1) is 12.7 Å². The van der Waals surface area contributed by atoms with E-state index in [0.29, 0.717) is 24.8 Å². The third kappa shape index (κ3) is 4.97. The first-order valence-electron chi connectivity index (χ1n) is 5.66. The molecule has 17 heavy (non-hydrogen) atoms. The van der Waals surface area contributed by atoms with E-state index < -0.39 is 6.10 Å². The third-order valence-corrected chi connectivity index (χ3v) is 2.07. The predicted octanol–water partition coefficient (Wildman–Crippen LogP) is 0.636. The first kappa shape index (κ1) is 13.7. The van der Waals surface area contributed by atoms with E-state index in [0.717, 1.165) is 12.4 Å². The number of aromatic nitrogens is 2. The molecule has 0 aliphatic rings. The minimum absolute atomic E-state index is 0.303. The van der Waals surface area contributed by atoms with Crippen molar-refractivity contribution in [3.8, 4) is 0 Å². The maximum atomic E-state index is 9.51. The van der Waals surface area contributed by atoms with Crippen molar-refractivity contribution < 1.29 is 9.84 Å². The molecule has 6 nitrogen and oxygen atoms in total. The molecule has 0 spiro atoms. The van der Waals surface area contributed by atoms with Crippen LogP contribution in [0.4, 0.5) is 11.6 Å². The van der Waals surface area contributed by atoms with Crippen LogP contribution in [0.5, 0.6) is 0 Å². The first-order chi connectivity index (χ1) is 8.15. The maximum absolute atomic E-state index is 9.51. The molecule has 1 atom stereocenters. The van der Waals surface area contributed by atoms with Crippen LogP contribution in [0.1, 0.15) is 12.7 Å². The number of hydrogen-bond donors (Lipinski definition) is 3. The molecule has 0 fully saturated rings. The zero-order valence-corrected chi connectivity index (χ0v) is 10.5. The zero-order valence-electron chi connectivity index (χ0n) is 10.5. The minimum Gasteiger partial charge on any atom is -0.389 e. The van der Waals surface area contributed by atoms with Crippen molar-refractivity contribution in [2.24, 2.45) is 0 Å². The summed E-state index contributed by atoms with van der Waals surface area (Å²) in [7, 11) is 1.56. The number of nitrogens with zero attached hydrogens (tertiary/aromatic N) is 2. The number of aliphatic hydroxyl groups excluding tert-OH is 1. The number of ether oxygens (including phenoxy) is 1. The number of aryl methyl sites for hydroxylation is 1. The number of hydrogen-bond acceptors (Lipinski definition) is 6. The van der Waals surface area contributed by atoms with Gasteiger partial charge in [0.2, 0.25) is 0 Å². The average molecular weight is 240 g/mol. The standard InChI is InChI=1S/C11H20N4O2/c1-4-12-10-5-11(15-8(2)14-10)13-6-9(16)7-17-3/h5,9,16H,4,6-7H2,1-3H3,(H2,12,13,14,15). The van der Waals surface area contributed by atoms with Crippen LogP contribution in [0, 0.1) is 6.92 Å². The van der Waals surface area contributed by atoms with Gasteiger partial charge in [0.1, 0.15) is 17.5 Å². The van der Waals surface area contributed by atoms with Crippen LogP contribution in [0.25, 0.3) is 0 Å². The van der Waals surface area contributed by atoms with Gasteiger partial charge < -0.3 is 20.5 Å². The van der Waals surface area contributed by atoms with Gasteiger partial charge in [-0.15, -0.1) is 0 Å². The summed E-state index contributed by atoms with van der Waals surface area (Å²) in [5, 5.41) is 15.7. The van der Waals surface area contributed by atoms with Crippen LogP contribution < -0.4 is 10.6 Å². The van der Waals surface area contributed by atoms with Gasteiger partial charge >= 0.3 is 0 Å². The molecular formula is C11H20N4O2. The molecule has 0 bridgehead atoms. The number of aliphatic hydroxyl groups is 1. The molecule has 0 radical (unpaired) electrons. The lowest BCUT2D eigenvalue weighted by atomic mass is 10.3. The van der Waals surface area contributed by atoms with Gasteiger partial charge in [-0.25, -0.2) is 9.97 Å². The Balaban J connectivity index is 2.57. The molecule has 3 N–H and O–H groups in total. The van der Waals surface area contributed by atoms with Crippen molar-refractivity contribution in [1.29, 1.82) is 0 Å². The second-order valence-electron chi connectivity index (χ2n) is 3.71. The highest BCUT2D eigenvalue weighted by atomic mass is 16.5. The van der Waals surface area contributed by atoms with E-state index in [1.807, 2.05) is 19.9 Å². The second-order valence-corrected chi connectivity index (χ2v) is 3.71. The number of anilines is 2. The van der Waals surface area contributed by atoms with E-state index in [2.05, 4.69) is 20.6 Å². The predicted molar refractivity (Wildman–Crippen MR) is 67.3 cm³/mol. The Morgan fingerprint density at radius 3 is 2.59 bits per heavy atom. The van der Waals surface area contributed by atoms with Crippen molar-refractivity contribution in [1.82, 2.24) is 9.97 Å². The topological polar surface area (TPSA) is 79.3 Å². The molecule has 1 aromatic rings. The fourth-order valence-electron chi connectivity index (χ4n) is 1.40. The lowest BCUT2D eigenvalue weighted by molar-refractivity contribution is 0.0727. The van der Waals surface area contributed by atoms with Crippen LogP contribution in [-0.4, -0.2) is 48.0 Å². The summed E-state index contributed by atoms with van der Waals surface area (Å²) < 4.78 is 4.84. The minimum atomic E-state index is -0.544. The molecule has 1 unspecified atom stereocenters. The van der Waals surface area contributed by atoms with E-state index in [-0.39, 0.29) is 0 Å². The Morgan fingerprint density at radius 1 is 1.35 bits per heavy atom. The highest BCUT2D eigenvalue weighted by Crippen LogP contribution is 2.10. The van der Waals surface area contributed by atoms with E-state index in [1.165, 1.54) is 0 Å². The zero-order chi connectivity index (χ0) is 12.7. The molecular weight excluding hydrogens is 220 g/mol. The summed E-state index contributed by atoms with van der Waals surface area (Å²) >= 11 is 0. The molecule has 1 rings (SSSR count). The summed E-state index contributed by atoms with van der Waals surface area (Å²) in [6, 6.07) is 1.82. The third-order valence-electron chi connectivity index (χ3n) is 2.07. The summed E-state index contributed by atoms with van der Waals surface area (Å²) in [5.41, 5.74) is 0. The molecule has 6 heteroatoms. The lowest BCUT2D eigenvalue weighted by Crippen LogP contribution is -2.24. The monoisotopic (exact) mass is 240 g/mol. The Bertz CT molecular complexity index is 346. The van der Waals surface area contributed by atoms with Gasteiger partial charge in [-0.3, -0.25) is 0 Å². The first-order valence-corrected chi connectivity index (χ1v) is 5.66. The van der Waals surface area contributed by atoms with Gasteiger partial charge in [-0.05, 0) is 13.8 Å². The van der Waals surface area contributed by atoms with Crippen LogP contribution in [0.2, 0.25) is 0 Å². The SMILES string of the molecule is CCNc1cc(NCC(O)COC)nc(C)n1. The quantitative estimate of drug-likeness (QED) is 0.649. The van der Waals surface area contributed by atoms with E-state index in [1.54, 1.807) is 7.11 Å². The molecule has 96 valence electrons. The van der Waals surface area contributed by atoms with Gasteiger partial charge in [-0.2, -0.15) is 0 Å². The highest BCUT2D eigenvalue weighted by molar-refractivity contribution is 5.47. The lowest BCUT2D eigenvalue weighted by Gasteiger charge is -2.12. The number of methoxy groups -OCH3 is 1. The van der Waals surface area contributed by atoms with Crippen LogP contribution in [0.15, 0.2) is 6.07 Å². The largest absolute Gasteiger partial charge is 0.389 e. The molecule has 0 saturated heterocycles.